The van der Waals surface area contributed by atoms with Crippen molar-refractivity contribution in [1.82, 2.24) is 10.3 Å². The van der Waals surface area contributed by atoms with Crippen molar-refractivity contribution < 1.29 is 0 Å². The first-order valence-electron chi connectivity index (χ1n) is 8.07. The fourth-order valence-electron chi connectivity index (χ4n) is 2.82. The van der Waals surface area contributed by atoms with Crippen molar-refractivity contribution in [3.05, 3.63) is 48.2 Å². The number of nitrogens with zero attached hydrogens (tertiary/aromatic N) is 1. The maximum Gasteiger partial charge on any atom is 0.171 e. The summed E-state index contributed by atoms with van der Waals surface area (Å²) in [5.74, 6) is 0.819. The first-order chi connectivity index (χ1) is 11.2. The van der Waals surface area contributed by atoms with Gasteiger partial charge in [0.25, 0.3) is 0 Å². The number of hydrogen-bond acceptors (Lipinski definition) is 3. The zero-order valence-corrected chi connectivity index (χ0v) is 14.1. The molecule has 4 nitrogen and oxygen atoms in total. The third-order valence-corrected chi connectivity index (χ3v) is 4.34. The molecule has 5 heteroatoms. The molecule has 3 N–H and O–H groups in total. The summed E-state index contributed by atoms with van der Waals surface area (Å²) in [5, 5.41) is 10.6. The molecule has 0 amide bonds. The number of nitrogens with one attached hydrogen (secondary N) is 3. The molecule has 23 heavy (non-hydrogen) atoms. The first kappa shape index (κ1) is 15.7. The Hall–Kier alpha value is -2.14. The van der Waals surface area contributed by atoms with Crippen LogP contribution in [0.4, 0.5) is 17.2 Å². The predicted molar refractivity (Wildman–Crippen MR) is 100 cm³/mol. The van der Waals surface area contributed by atoms with Gasteiger partial charge in [0.2, 0.25) is 0 Å². The molecule has 1 aromatic heterocycles. The Morgan fingerprint density at radius 1 is 1.13 bits per heavy atom. The van der Waals surface area contributed by atoms with Gasteiger partial charge in [0.05, 0.1) is 11.9 Å². The maximum absolute atomic E-state index is 5.36. The third-order valence-electron chi connectivity index (χ3n) is 4.12. The molecule has 3 rings (SSSR count). The van der Waals surface area contributed by atoms with Crippen LogP contribution in [0.2, 0.25) is 0 Å². The van der Waals surface area contributed by atoms with Crippen molar-refractivity contribution in [1.29, 1.82) is 0 Å². The van der Waals surface area contributed by atoms with Crippen molar-refractivity contribution in [3.63, 3.8) is 0 Å². The van der Waals surface area contributed by atoms with E-state index in [-0.39, 0.29) is 0 Å². The summed E-state index contributed by atoms with van der Waals surface area (Å²) in [6, 6.07) is 12.6. The number of rotatable bonds is 4. The van der Waals surface area contributed by atoms with Crippen molar-refractivity contribution in [2.45, 2.75) is 38.6 Å². The van der Waals surface area contributed by atoms with Crippen LogP contribution < -0.4 is 16.0 Å². The van der Waals surface area contributed by atoms with Crippen LogP contribution in [0.5, 0.6) is 0 Å². The van der Waals surface area contributed by atoms with Gasteiger partial charge in [0.1, 0.15) is 5.82 Å². The monoisotopic (exact) mass is 326 g/mol. The smallest absolute Gasteiger partial charge is 0.171 e. The van der Waals surface area contributed by atoms with Crippen LogP contribution in [0.15, 0.2) is 42.6 Å². The third kappa shape index (κ3) is 4.42. The number of thiocarbonyl (C=S) groups is 1. The normalized spacial score (nSPS) is 14.5. The Balaban J connectivity index is 1.56. The minimum absolute atomic E-state index is 0.518. The van der Waals surface area contributed by atoms with E-state index >= 15 is 0 Å². The SMILES string of the molecule is Cc1ccccc1Nc1ccc(NC(=S)NC2CCCC2)cn1. The summed E-state index contributed by atoms with van der Waals surface area (Å²) in [5.41, 5.74) is 3.16. The summed E-state index contributed by atoms with van der Waals surface area (Å²) in [4.78, 5) is 4.44. The molecule has 0 aliphatic heterocycles. The molecule has 2 aromatic rings. The molecule has 0 saturated heterocycles. The lowest BCUT2D eigenvalue weighted by Gasteiger charge is -2.15. The molecule has 1 aliphatic rings. The standard InChI is InChI=1S/C18H22N4S/c1-13-6-2-5-9-16(13)22-17-11-10-15(12-19-17)21-18(23)20-14-7-3-4-8-14/h2,5-6,9-12,14H,3-4,7-8H2,1H3,(H,19,22)(H2,20,21,23). The highest BCUT2D eigenvalue weighted by atomic mass is 32.1. The number of para-hydroxylation sites is 1. The molecule has 0 unspecified atom stereocenters. The molecule has 0 radical (unpaired) electrons. The highest BCUT2D eigenvalue weighted by molar-refractivity contribution is 7.80. The maximum atomic E-state index is 5.36. The number of aryl methyl sites for hydroxylation is 1. The Labute approximate surface area is 142 Å². The van der Waals surface area contributed by atoms with E-state index in [0.717, 1.165) is 17.2 Å². The van der Waals surface area contributed by atoms with Gasteiger partial charge < -0.3 is 16.0 Å². The summed E-state index contributed by atoms with van der Waals surface area (Å²) in [6.45, 7) is 2.07. The Bertz CT molecular complexity index is 663. The van der Waals surface area contributed by atoms with E-state index in [0.29, 0.717) is 11.2 Å². The van der Waals surface area contributed by atoms with Crippen LogP contribution in [0.25, 0.3) is 0 Å². The van der Waals surface area contributed by atoms with E-state index < -0.39 is 0 Å². The van der Waals surface area contributed by atoms with Gasteiger partial charge in [0, 0.05) is 11.7 Å². The van der Waals surface area contributed by atoms with Gasteiger partial charge in [-0.05, 0) is 55.7 Å². The van der Waals surface area contributed by atoms with Gasteiger partial charge >= 0.3 is 0 Å². The Morgan fingerprint density at radius 3 is 2.61 bits per heavy atom. The molecular weight excluding hydrogens is 304 g/mol. The molecular formula is C18H22N4S. The van der Waals surface area contributed by atoms with Gasteiger partial charge in [-0.2, -0.15) is 0 Å². The molecule has 0 bridgehead atoms. The van der Waals surface area contributed by atoms with Gasteiger partial charge in [-0.25, -0.2) is 4.98 Å². The highest BCUT2D eigenvalue weighted by Crippen LogP contribution is 2.20. The molecule has 1 heterocycles. The lowest BCUT2D eigenvalue weighted by molar-refractivity contribution is 0.634. The number of pyridine rings is 1. The van der Waals surface area contributed by atoms with Gasteiger partial charge in [-0.15, -0.1) is 0 Å². The minimum atomic E-state index is 0.518. The van der Waals surface area contributed by atoms with E-state index in [4.69, 9.17) is 12.2 Å². The molecule has 1 fully saturated rings. The highest BCUT2D eigenvalue weighted by Gasteiger charge is 2.15. The lowest BCUT2D eigenvalue weighted by Crippen LogP contribution is -2.35. The lowest BCUT2D eigenvalue weighted by atomic mass is 10.2. The van der Waals surface area contributed by atoms with Crippen LogP contribution in [0, 0.1) is 6.92 Å². The Kier molecular flexibility index (Phi) is 5.08. The quantitative estimate of drug-likeness (QED) is 0.729. The number of hydrogen-bond donors (Lipinski definition) is 3. The van der Waals surface area contributed by atoms with Crippen molar-refractivity contribution >= 4 is 34.5 Å². The molecule has 0 atom stereocenters. The number of anilines is 3. The van der Waals surface area contributed by atoms with Crippen LogP contribution in [-0.2, 0) is 0 Å². The topological polar surface area (TPSA) is 49.0 Å². The Morgan fingerprint density at radius 2 is 1.91 bits per heavy atom. The molecule has 1 aliphatic carbocycles. The van der Waals surface area contributed by atoms with E-state index in [9.17, 15) is 0 Å². The second-order valence-electron chi connectivity index (χ2n) is 5.95. The summed E-state index contributed by atoms with van der Waals surface area (Å²) < 4.78 is 0. The fraction of sp³-hybridized carbons (Fsp3) is 0.333. The van der Waals surface area contributed by atoms with Crippen molar-refractivity contribution in [3.8, 4) is 0 Å². The van der Waals surface area contributed by atoms with E-state index in [1.54, 1.807) is 6.20 Å². The minimum Gasteiger partial charge on any atom is -0.360 e. The van der Waals surface area contributed by atoms with Crippen molar-refractivity contribution in [2.75, 3.05) is 10.6 Å². The van der Waals surface area contributed by atoms with E-state index in [2.05, 4.69) is 33.9 Å². The fourth-order valence-corrected chi connectivity index (χ4v) is 3.10. The van der Waals surface area contributed by atoms with E-state index in [1.807, 2.05) is 30.3 Å². The van der Waals surface area contributed by atoms with Crippen molar-refractivity contribution in [2.24, 2.45) is 0 Å². The molecule has 0 spiro atoms. The summed E-state index contributed by atoms with van der Waals surface area (Å²) in [7, 11) is 0. The average molecular weight is 326 g/mol. The second kappa shape index (κ2) is 7.42. The number of aromatic nitrogens is 1. The van der Waals surface area contributed by atoms with Crippen LogP contribution in [0.1, 0.15) is 31.2 Å². The number of benzene rings is 1. The average Bonchev–Trinajstić information content (AvgIpc) is 3.04. The van der Waals surface area contributed by atoms with Crippen LogP contribution >= 0.6 is 12.2 Å². The zero-order valence-electron chi connectivity index (χ0n) is 13.3. The van der Waals surface area contributed by atoms with Gasteiger partial charge in [0.15, 0.2) is 5.11 Å². The summed E-state index contributed by atoms with van der Waals surface area (Å²) in [6.07, 6.45) is 6.80. The molecule has 1 saturated carbocycles. The zero-order chi connectivity index (χ0) is 16.1. The van der Waals surface area contributed by atoms with Gasteiger partial charge in [-0.1, -0.05) is 31.0 Å². The first-order valence-corrected chi connectivity index (χ1v) is 8.48. The molecule has 1 aromatic carbocycles. The molecule has 120 valence electrons. The summed E-state index contributed by atoms with van der Waals surface area (Å²) >= 11 is 5.36. The second-order valence-corrected chi connectivity index (χ2v) is 6.36. The largest absolute Gasteiger partial charge is 0.360 e. The van der Waals surface area contributed by atoms with E-state index in [1.165, 1.54) is 31.2 Å². The van der Waals surface area contributed by atoms with Crippen LogP contribution in [-0.4, -0.2) is 16.1 Å². The van der Waals surface area contributed by atoms with Gasteiger partial charge in [-0.3, -0.25) is 0 Å². The van der Waals surface area contributed by atoms with Crippen LogP contribution in [0.3, 0.4) is 0 Å². The predicted octanol–water partition coefficient (Wildman–Crippen LogP) is 4.36.